The predicted molar refractivity (Wildman–Crippen MR) is 135 cm³/mol. The molecular weight excluding hydrogens is 412 g/mol. The molecule has 2 aromatic carbocycles. The van der Waals surface area contributed by atoms with E-state index in [1.807, 2.05) is 74.4 Å². The van der Waals surface area contributed by atoms with Crippen LogP contribution in [0.15, 0.2) is 53.3 Å². The number of para-hydroxylation sites is 1. The lowest BCUT2D eigenvalue weighted by atomic mass is 10.1. The van der Waals surface area contributed by atoms with Gasteiger partial charge in [-0.05, 0) is 63.2 Å². The van der Waals surface area contributed by atoms with E-state index in [2.05, 4.69) is 18.7 Å². The molecule has 0 spiro atoms. The average molecular weight is 449 g/mol. The van der Waals surface area contributed by atoms with Gasteiger partial charge in [0.2, 0.25) is 5.91 Å². The van der Waals surface area contributed by atoms with Crippen LogP contribution in [0.1, 0.15) is 57.5 Å². The van der Waals surface area contributed by atoms with Crippen molar-refractivity contribution in [2.75, 3.05) is 27.2 Å². The van der Waals surface area contributed by atoms with Gasteiger partial charge < -0.3 is 9.80 Å². The van der Waals surface area contributed by atoms with E-state index < -0.39 is 0 Å². The Kier molecular flexibility index (Phi) is 8.39. The number of benzene rings is 2. The summed E-state index contributed by atoms with van der Waals surface area (Å²) in [5, 5.41) is 0.579. The minimum atomic E-state index is -0.299. The second-order valence-corrected chi connectivity index (χ2v) is 8.71. The molecule has 0 aliphatic carbocycles. The van der Waals surface area contributed by atoms with Crippen LogP contribution in [0.25, 0.3) is 16.6 Å². The maximum absolute atomic E-state index is 13.7. The van der Waals surface area contributed by atoms with E-state index in [0.29, 0.717) is 36.1 Å². The van der Waals surface area contributed by atoms with E-state index in [0.717, 1.165) is 25.1 Å². The summed E-state index contributed by atoms with van der Waals surface area (Å²) in [5.74, 6) is 0.718. The topological polar surface area (TPSA) is 58.4 Å². The van der Waals surface area contributed by atoms with Gasteiger partial charge in [0.15, 0.2) is 0 Å². The zero-order valence-corrected chi connectivity index (χ0v) is 20.5. The molecule has 0 saturated heterocycles. The quantitative estimate of drug-likeness (QED) is 0.455. The lowest BCUT2D eigenvalue weighted by Crippen LogP contribution is -2.41. The summed E-state index contributed by atoms with van der Waals surface area (Å²) in [5.41, 5.74) is 2.54. The van der Waals surface area contributed by atoms with E-state index in [1.165, 1.54) is 5.56 Å². The standard InChI is InChI=1S/C27H36N4O2/c1-6-11-25(32)30(19-18-29(4)5)24(8-3)26-28-23-13-10-9-12-22(23)27(33)31(26)21-16-14-20(7-2)15-17-21/h9-10,12-17,24H,6-8,11,18-19H2,1-5H3. The molecule has 3 rings (SSSR count). The lowest BCUT2D eigenvalue weighted by Gasteiger charge is -2.33. The molecule has 1 aromatic heterocycles. The third kappa shape index (κ3) is 5.50. The summed E-state index contributed by atoms with van der Waals surface area (Å²) in [6.07, 6.45) is 2.86. The van der Waals surface area contributed by atoms with Crippen molar-refractivity contribution in [1.29, 1.82) is 0 Å². The third-order valence-corrected chi connectivity index (χ3v) is 6.04. The van der Waals surface area contributed by atoms with E-state index in [4.69, 9.17) is 4.98 Å². The largest absolute Gasteiger partial charge is 0.331 e. The van der Waals surface area contributed by atoms with Gasteiger partial charge in [-0.2, -0.15) is 0 Å². The maximum Gasteiger partial charge on any atom is 0.266 e. The van der Waals surface area contributed by atoms with Gasteiger partial charge in [0.05, 0.1) is 22.6 Å². The van der Waals surface area contributed by atoms with Gasteiger partial charge in [-0.1, -0.05) is 45.0 Å². The Labute approximate surface area is 196 Å². The molecule has 0 bridgehead atoms. The molecule has 0 aliphatic rings. The molecule has 1 unspecified atom stereocenters. The van der Waals surface area contributed by atoms with Crippen molar-refractivity contribution in [2.45, 2.75) is 52.5 Å². The molecule has 1 amide bonds. The third-order valence-electron chi connectivity index (χ3n) is 6.04. The SMILES string of the molecule is CCCC(=O)N(CCN(C)C)C(CC)c1nc2ccccc2c(=O)n1-c1ccc(CC)cc1. The van der Waals surface area contributed by atoms with Gasteiger partial charge in [0, 0.05) is 19.5 Å². The normalized spacial score (nSPS) is 12.3. The molecule has 0 fully saturated rings. The number of fused-ring (bicyclic) bond motifs is 1. The number of carbonyl (C=O) groups excluding carboxylic acids is 1. The Bertz CT molecular complexity index is 1140. The van der Waals surface area contributed by atoms with Gasteiger partial charge in [-0.3, -0.25) is 14.2 Å². The van der Waals surface area contributed by atoms with Crippen LogP contribution >= 0.6 is 0 Å². The van der Waals surface area contributed by atoms with Gasteiger partial charge in [-0.15, -0.1) is 0 Å². The number of aromatic nitrogens is 2. The van der Waals surface area contributed by atoms with Crippen LogP contribution in [0.2, 0.25) is 0 Å². The monoisotopic (exact) mass is 448 g/mol. The van der Waals surface area contributed by atoms with Crippen LogP contribution in [0.4, 0.5) is 0 Å². The second-order valence-electron chi connectivity index (χ2n) is 8.71. The highest BCUT2D eigenvalue weighted by atomic mass is 16.2. The number of hydrogen-bond donors (Lipinski definition) is 0. The Morgan fingerprint density at radius 3 is 2.30 bits per heavy atom. The molecule has 0 N–H and O–H groups in total. The molecular formula is C27H36N4O2. The van der Waals surface area contributed by atoms with E-state index >= 15 is 0 Å². The van der Waals surface area contributed by atoms with Crippen molar-refractivity contribution in [3.63, 3.8) is 0 Å². The fraction of sp³-hybridized carbons (Fsp3) is 0.444. The summed E-state index contributed by atoms with van der Waals surface area (Å²) >= 11 is 0. The molecule has 3 aromatic rings. The zero-order chi connectivity index (χ0) is 24.0. The van der Waals surface area contributed by atoms with Crippen molar-refractivity contribution in [2.24, 2.45) is 0 Å². The second kappa shape index (κ2) is 11.2. The van der Waals surface area contributed by atoms with Gasteiger partial charge in [-0.25, -0.2) is 4.98 Å². The van der Waals surface area contributed by atoms with Crippen molar-refractivity contribution in [1.82, 2.24) is 19.4 Å². The summed E-state index contributed by atoms with van der Waals surface area (Å²) in [7, 11) is 4.01. The van der Waals surface area contributed by atoms with E-state index in [9.17, 15) is 9.59 Å². The predicted octanol–water partition coefficient (Wildman–Crippen LogP) is 4.59. The minimum Gasteiger partial charge on any atom is -0.331 e. The molecule has 33 heavy (non-hydrogen) atoms. The number of carbonyl (C=O) groups is 1. The van der Waals surface area contributed by atoms with Crippen LogP contribution < -0.4 is 5.56 Å². The number of rotatable bonds is 10. The van der Waals surface area contributed by atoms with Crippen molar-refractivity contribution < 1.29 is 4.79 Å². The highest BCUT2D eigenvalue weighted by Crippen LogP contribution is 2.27. The van der Waals surface area contributed by atoms with Crippen molar-refractivity contribution >= 4 is 16.8 Å². The van der Waals surface area contributed by atoms with Gasteiger partial charge >= 0.3 is 0 Å². The molecule has 1 heterocycles. The first-order valence-electron chi connectivity index (χ1n) is 12.0. The summed E-state index contributed by atoms with van der Waals surface area (Å²) in [4.78, 5) is 35.9. The lowest BCUT2D eigenvalue weighted by molar-refractivity contribution is -0.134. The number of nitrogens with zero attached hydrogens (tertiary/aromatic N) is 4. The highest BCUT2D eigenvalue weighted by molar-refractivity contribution is 5.79. The maximum atomic E-state index is 13.7. The fourth-order valence-electron chi connectivity index (χ4n) is 4.17. The number of hydrogen-bond acceptors (Lipinski definition) is 4. The summed E-state index contributed by atoms with van der Waals surface area (Å²) < 4.78 is 1.71. The molecule has 6 heteroatoms. The molecule has 1 atom stereocenters. The number of aryl methyl sites for hydroxylation is 1. The zero-order valence-electron chi connectivity index (χ0n) is 20.5. The first kappa shape index (κ1) is 24.6. The van der Waals surface area contributed by atoms with Crippen LogP contribution in [0.5, 0.6) is 0 Å². The van der Waals surface area contributed by atoms with Gasteiger partial charge in [0.25, 0.3) is 5.56 Å². The average Bonchev–Trinajstić information content (AvgIpc) is 2.82. The van der Waals surface area contributed by atoms with Crippen LogP contribution in [0.3, 0.4) is 0 Å². The summed E-state index contributed by atoms with van der Waals surface area (Å²) in [6, 6.07) is 15.2. The summed E-state index contributed by atoms with van der Waals surface area (Å²) in [6.45, 7) is 7.51. The highest BCUT2D eigenvalue weighted by Gasteiger charge is 2.28. The van der Waals surface area contributed by atoms with Gasteiger partial charge in [0.1, 0.15) is 5.82 Å². The van der Waals surface area contributed by atoms with E-state index in [-0.39, 0.29) is 17.5 Å². The molecule has 0 aliphatic heterocycles. The smallest absolute Gasteiger partial charge is 0.266 e. The number of likely N-dealkylation sites (N-methyl/N-ethyl adjacent to an activating group) is 1. The first-order chi connectivity index (χ1) is 15.9. The van der Waals surface area contributed by atoms with Crippen LogP contribution in [0, 0.1) is 0 Å². The Morgan fingerprint density at radius 2 is 1.70 bits per heavy atom. The first-order valence-corrected chi connectivity index (χ1v) is 12.0. The van der Waals surface area contributed by atoms with Crippen molar-refractivity contribution in [3.05, 3.63) is 70.3 Å². The van der Waals surface area contributed by atoms with Crippen LogP contribution in [-0.4, -0.2) is 52.4 Å². The molecule has 0 radical (unpaired) electrons. The minimum absolute atomic E-state index is 0.0986. The van der Waals surface area contributed by atoms with Crippen molar-refractivity contribution in [3.8, 4) is 5.69 Å². The molecule has 0 saturated carbocycles. The Balaban J connectivity index is 2.24. The van der Waals surface area contributed by atoms with Crippen LogP contribution in [-0.2, 0) is 11.2 Å². The fourth-order valence-corrected chi connectivity index (χ4v) is 4.17. The Hall–Kier alpha value is -2.99. The molecule has 6 nitrogen and oxygen atoms in total. The molecule has 176 valence electrons. The Morgan fingerprint density at radius 1 is 1.00 bits per heavy atom. The van der Waals surface area contributed by atoms with E-state index in [1.54, 1.807) is 4.57 Å². The number of amides is 1.